The predicted molar refractivity (Wildman–Crippen MR) is 54.5 cm³/mol. The molecule has 0 spiro atoms. The van der Waals surface area contributed by atoms with Crippen LogP contribution in [0.2, 0.25) is 0 Å². The molecule has 1 rings (SSSR count). The molecule has 5 nitrogen and oxygen atoms in total. The maximum atomic E-state index is 11.1. The molecule has 0 aliphatic rings. The van der Waals surface area contributed by atoms with E-state index >= 15 is 0 Å². The van der Waals surface area contributed by atoms with Crippen molar-refractivity contribution in [1.82, 2.24) is 9.36 Å². The molecule has 0 atom stereocenters. The molecule has 0 bridgehead atoms. The highest BCUT2D eigenvalue weighted by Crippen LogP contribution is 2.10. The summed E-state index contributed by atoms with van der Waals surface area (Å²) in [6, 6.07) is 0. The second-order valence-corrected chi connectivity index (χ2v) is 3.51. The van der Waals surface area contributed by atoms with Crippen molar-refractivity contribution in [2.45, 2.75) is 26.7 Å². The number of carbonyl (C=O) groups excluding carboxylic acids is 1. The minimum Gasteiger partial charge on any atom is -0.449 e. The smallest absolute Gasteiger partial charge is 0.413 e. The van der Waals surface area contributed by atoms with Crippen molar-refractivity contribution >= 4 is 22.8 Å². The lowest BCUT2D eigenvalue weighted by Crippen LogP contribution is -2.14. The molecule has 6 heteroatoms. The number of hydrogen-bond acceptors (Lipinski definition) is 5. The van der Waals surface area contributed by atoms with Gasteiger partial charge in [0.05, 0.1) is 6.61 Å². The molecule has 1 N–H and O–H groups in total. The predicted octanol–water partition coefficient (Wildman–Crippen LogP) is 2.20. The van der Waals surface area contributed by atoms with Gasteiger partial charge >= 0.3 is 6.09 Å². The summed E-state index contributed by atoms with van der Waals surface area (Å²) in [5.74, 6) is 0.652. The molecule has 0 aliphatic carbocycles. The van der Waals surface area contributed by atoms with E-state index in [9.17, 15) is 4.79 Å². The summed E-state index contributed by atoms with van der Waals surface area (Å²) in [6.45, 7) is 4.25. The van der Waals surface area contributed by atoms with E-state index in [4.69, 9.17) is 4.74 Å². The molecule has 0 aromatic carbocycles. The van der Waals surface area contributed by atoms with Crippen LogP contribution < -0.4 is 5.32 Å². The van der Waals surface area contributed by atoms with Crippen LogP contribution in [0.1, 0.15) is 25.6 Å². The summed E-state index contributed by atoms with van der Waals surface area (Å²) < 4.78 is 8.81. The lowest BCUT2D eigenvalue weighted by Gasteiger charge is -2.02. The Bertz CT molecular complexity index is 301. The monoisotopic (exact) mass is 215 g/mol. The van der Waals surface area contributed by atoms with Crippen molar-refractivity contribution < 1.29 is 9.53 Å². The lowest BCUT2D eigenvalue weighted by molar-refractivity contribution is 0.160. The van der Waals surface area contributed by atoms with Gasteiger partial charge in [-0.2, -0.15) is 4.37 Å². The Balaban J connectivity index is 2.27. The van der Waals surface area contributed by atoms with Crippen LogP contribution >= 0.6 is 11.5 Å². The number of rotatable bonds is 4. The third-order valence-electron chi connectivity index (χ3n) is 1.47. The fourth-order valence-electron chi connectivity index (χ4n) is 0.780. The zero-order valence-electron chi connectivity index (χ0n) is 8.24. The van der Waals surface area contributed by atoms with Crippen LogP contribution in [-0.2, 0) is 4.74 Å². The summed E-state index contributed by atoms with van der Waals surface area (Å²) >= 11 is 1.14. The van der Waals surface area contributed by atoms with Gasteiger partial charge in [-0.1, -0.05) is 13.3 Å². The molecule has 1 aromatic heterocycles. The highest BCUT2D eigenvalue weighted by Gasteiger charge is 2.05. The Hall–Kier alpha value is -1.17. The first-order valence-electron chi connectivity index (χ1n) is 4.46. The Labute approximate surface area is 86.7 Å². The Morgan fingerprint density at radius 2 is 2.43 bits per heavy atom. The number of ether oxygens (including phenoxy) is 1. The highest BCUT2D eigenvalue weighted by atomic mass is 32.1. The molecule has 0 aliphatic heterocycles. The number of hydrogen-bond donors (Lipinski definition) is 1. The number of amides is 1. The van der Waals surface area contributed by atoms with Crippen molar-refractivity contribution in [3.8, 4) is 0 Å². The minimum atomic E-state index is -0.463. The van der Waals surface area contributed by atoms with Gasteiger partial charge in [-0.25, -0.2) is 9.78 Å². The van der Waals surface area contributed by atoms with Crippen molar-refractivity contribution in [1.29, 1.82) is 0 Å². The molecular weight excluding hydrogens is 202 g/mol. The van der Waals surface area contributed by atoms with Crippen LogP contribution in [0.4, 0.5) is 9.93 Å². The normalized spacial score (nSPS) is 9.86. The van der Waals surface area contributed by atoms with Crippen LogP contribution in [-0.4, -0.2) is 22.1 Å². The summed E-state index contributed by atoms with van der Waals surface area (Å²) in [4.78, 5) is 15.1. The first kappa shape index (κ1) is 10.9. The van der Waals surface area contributed by atoms with Gasteiger partial charge < -0.3 is 4.74 Å². The van der Waals surface area contributed by atoms with Crippen LogP contribution in [0.25, 0.3) is 0 Å². The Morgan fingerprint density at radius 1 is 1.64 bits per heavy atom. The molecule has 0 saturated heterocycles. The second kappa shape index (κ2) is 5.54. The number of aryl methyl sites for hydroxylation is 1. The van der Waals surface area contributed by atoms with E-state index in [1.165, 1.54) is 0 Å². The SMILES string of the molecule is CCCCOC(=O)Nc1nc(C)ns1. The summed E-state index contributed by atoms with van der Waals surface area (Å²) in [5, 5.41) is 2.98. The molecule has 0 unspecified atom stereocenters. The summed E-state index contributed by atoms with van der Waals surface area (Å²) in [5.41, 5.74) is 0. The molecular formula is C8H13N3O2S. The van der Waals surface area contributed by atoms with E-state index in [2.05, 4.69) is 14.7 Å². The summed E-state index contributed by atoms with van der Waals surface area (Å²) in [7, 11) is 0. The van der Waals surface area contributed by atoms with Gasteiger partial charge in [-0.3, -0.25) is 5.32 Å². The molecule has 14 heavy (non-hydrogen) atoms. The number of anilines is 1. The van der Waals surface area contributed by atoms with E-state index in [0.717, 1.165) is 24.4 Å². The average Bonchev–Trinajstić information content (AvgIpc) is 2.52. The zero-order valence-corrected chi connectivity index (χ0v) is 9.06. The van der Waals surface area contributed by atoms with Gasteiger partial charge in [-0.15, -0.1) is 0 Å². The number of nitrogens with one attached hydrogen (secondary N) is 1. The zero-order chi connectivity index (χ0) is 10.4. The number of carbonyl (C=O) groups is 1. The van der Waals surface area contributed by atoms with Crippen LogP contribution in [0.5, 0.6) is 0 Å². The van der Waals surface area contributed by atoms with Crippen molar-refractivity contribution in [2.75, 3.05) is 11.9 Å². The molecule has 0 fully saturated rings. The van der Waals surface area contributed by atoms with Crippen molar-refractivity contribution in [3.05, 3.63) is 5.82 Å². The Morgan fingerprint density at radius 3 is 3.00 bits per heavy atom. The van der Waals surface area contributed by atoms with Crippen LogP contribution in [0.15, 0.2) is 0 Å². The van der Waals surface area contributed by atoms with Gasteiger partial charge in [0.25, 0.3) is 0 Å². The van der Waals surface area contributed by atoms with E-state index in [-0.39, 0.29) is 0 Å². The molecule has 1 aromatic rings. The number of unbranched alkanes of at least 4 members (excludes halogenated alkanes) is 1. The maximum Gasteiger partial charge on any atom is 0.413 e. The first-order chi connectivity index (χ1) is 6.72. The Kier molecular flexibility index (Phi) is 4.31. The molecule has 0 radical (unpaired) electrons. The average molecular weight is 215 g/mol. The van der Waals surface area contributed by atoms with Gasteiger partial charge in [0.15, 0.2) is 0 Å². The minimum absolute atomic E-state index is 0.445. The van der Waals surface area contributed by atoms with Crippen molar-refractivity contribution in [3.63, 3.8) is 0 Å². The topological polar surface area (TPSA) is 64.1 Å². The quantitative estimate of drug-likeness (QED) is 0.782. The van der Waals surface area contributed by atoms with E-state index in [0.29, 0.717) is 17.6 Å². The standard InChI is InChI=1S/C8H13N3O2S/c1-3-4-5-13-8(12)10-7-9-6(2)11-14-7/h3-5H2,1-2H3,(H,9,10,11,12). The summed E-state index contributed by atoms with van der Waals surface area (Å²) in [6.07, 6.45) is 1.42. The first-order valence-corrected chi connectivity index (χ1v) is 5.23. The fourth-order valence-corrected chi connectivity index (χ4v) is 1.34. The number of nitrogens with zero attached hydrogens (tertiary/aromatic N) is 2. The van der Waals surface area contributed by atoms with E-state index in [1.807, 2.05) is 6.92 Å². The maximum absolute atomic E-state index is 11.1. The molecule has 78 valence electrons. The fraction of sp³-hybridized carbons (Fsp3) is 0.625. The van der Waals surface area contributed by atoms with Gasteiger partial charge in [0.2, 0.25) is 5.13 Å². The van der Waals surface area contributed by atoms with Crippen molar-refractivity contribution in [2.24, 2.45) is 0 Å². The van der Waals surface area contributed by atoms with Gasteiger partial charge in [0, 0.05) is 11.5 Å². The van der Waals surface area contributed by atoms with Gasteiger partial charge in [-0.05, 0) is 13.3 Å². The number of aromatic nitrogens is 2. The molecule has 0 saturated carbocycles. The molecule has 1 heterocycles. The highest BCUT2D eigenvalue weighted by molar-refractivity contribution is 7.09. The second-order valence-electron chi connectivity index (χ2n) is 2.76. The molecule has 1 amide bonds. The van der Waals surface area contributed by atoms with Crippen LogP contribution in [0.3, 0.4) is 0 Å². The van der Waals surface area contributed by atoms with Gasteiger partial charge in [0.1, 0.15) is 5.82 Å². The third kappa shape index (κ3) is 3.69. The lowest BCUT2D eigenvalue weighted by atomic mass is 10.4. The van der Waals surface area contributed by atoms with E-state index in [1.54, 1.807) is 6.92 Å². The van der Waals surface area contributed by atoms with Crippen LogP contribution in [0, 0.1) is 6.92 Å². The largest absolute Gasteiger partial charge is 0.449 e. The third-order valence-corrected chi connectivity index (χ3v) is 2.19. The van der Waals surface area contributed by atoms with E-state index < -0.39 is 6.09 Å².